The highest BCUT2D eigenvalue weighted by atomic mass is 16.4. The van der Waals surface area contributed by atoms with Gasteiger partial charge in [0.15, 0.2) is 12.3 Å². The van der Waals surface area contributed by atoms with Crippen molar-refractivity contribution in [3.8, 4) is 0 Å². The molecule has 0 atom stereocenters. The van der Waals surface area contributed by atoms with Crippen molar-refractivity contribution in [2.45, 2.75) is 64.7 Å². The van der Waals surface area contributed by atoms with Crippen molar-refractivity contribution in [1.29, 1.82) is 0 Å². The first-order valence-corrected chi connectivity index (χ1v) is 15.8. The van der Waals surface area contributed by atoms with Crippen molar-refractivity contribution >= 4 is 50.6 Å². The highest BCUT2D eigenvalue weighted by Crippen LogP contribution is 2.51. The molecule has 6 heteroatoms. The van der Waals surface area contributed by atoms with E-state index in [1.807, 2.05) is 12.1 Å². The van der Waals surface area contributed by atoms with E-state index in [1.54, 1.807) is 0 Å². The molecule has 0 spiro atoms. The van der Waals surface area contributed by atoms with Gasteiger partial charge in [0.25, 0.3) is 0 Å². The smallest absolute Gasteiger partial charge is 0.309 e. The Bertz CT molecular complexity index is 1960. The van der Waals surface area contributed by atoms with Gasteiger partial charge in [0.2, 0.25) is 5.69 Å². The van der Waals surface area contributed by atoms with Crippen LogP contribution in [0.5, 0.6) is 0 Å². The number of benzene rings is 4. The maximum atomic E-state index is 11.8. The zero-order valence-corrected chi connectivity index (χ0v) is 26.7. The predicted molar refractivity (Wildman–Crippen MR) is 182 cm³/mol. The second-order valence-corrected chi connectivity index (χ2v) is 13.2. The molecule has 2 aliphatic rings. The molecule has 6 nitrogen and oxygen atoms in total. The SMILES string of the molecule is CCC(=CC1=[N+](CCC(=O)O)c2ccc3ccccc3c2C1(C)C)C=C1N(CCC(=O)O)c2ccc3ccccc3c2C1(C)C. The van der Waals surface area contributed by atoms with Crippen LogP contribution in [-0.2, 0) is 20.4 Å². The second-order valence-electron chi connectivity index (χ2n) is 13.2. The normalized spacial score (nSPS) is 17.8. The molecule has 0 unspecified atom stereocenters. The van der Waals surface area contributed by atoms with Crippen molar-refractivity contribution in [1.82, 2.24) is 0 Å². The van der Waals surface area contributed by atoms with Gasteiger partial charge in [-0.1, -0.05) is 75.4 Å². The van der Waals surface area contributed by atoms with Crippen molar-refractivity contribution in [3.05, 3.63) is 107 Å². The molecule has 0 amide bonds. The Morgan fingerprint density at radius 2 is 1.38 bits per heavy atom. The van der Waals surface area contributed by atoms with Crippen LogP contribution in [0.3, 0.4) is 0 Å². The average Bonchev–Trinajstić information content (AvgIpc) is 3.36. The van der Waals surface area contributed by atoms with Crippen LogP contribution < -0.4 is 4.90 Å². The van der Waals surface area contributed by atoms with Crippen LogP contribution in [-0.4, -0.2) is 45.5 Å². The average molecular weight is 602 g/mol. The standard InChI is InChI=1S/C39H40N2O4/c1-6-25(23-32-38(2,3)36-28-13-9-7-11-26(28)15-17-30(36)40(32)21-19-34(42)43)24-33-39(4,5)37-29-14-10-8-12-27(29)16-18-31(37)41(33)22-20-35(44)45/h7-18,23-24H,6,19-22H2,1-5H3,(H-,42,43,44,45)/p+1. The van der Waals surface area contributed by atoms with Crippen LogP contribution in [0, 0.1) is 0 Å². The van der Waals surface area contributed by atoms with Crippen molar-refractivity contribution in [2.24, 2.45) is 0 Å². The molecular formula is C39H41N2O4+. The van der Waals surface area contributed by atoms with Gasteiger partial charge in [-0.25, -0.2) is 0 Å². The van der Waals surface area contributed by atoms with E-state index in [2.05, 4.69) is 117 Å². The maximum Gasteiger partial charge on any atom is 0.309 e. The minimum Gasteiger partial charge on any atom is -0.481 e. The molecule has 2 heterocycles. The van der Waals surface area contributed by atoms with E-state index >= 15 is 0 Å². The van der Waals surface area contributed by atoms with E-state index in [0.717, 1.165) is 45.5 Å². The first kappa shape index (κ1) is 30.3. The summed E-state index contributed by atoms with van der Waals surface area (Å²) in [6.45, 7) is 11.8. The fourth-order valence-corrected chi connectivity index (χ4v) is 7.48. The van der Waals surface area contributed by atoms with Crippen molar-refractivity contribution in [2.75, 3.05) is 18.0 Å². The largest absolute Gasteiger partial charge is 0.481 e. The fourth-order valence-electron chi connectivity index (χ4n) is 7.48. The molecule has 0 bridgehead atoms. The van der Waals surface area contributed by atoms with Gasteiger partial charge < -0.3 is 15.1 Å². The number of rotatable bonds is 9. The molecule has 45 heavy (non-hydrogen) atoms. The molecule has 6 rings (SSSR count). The van der Waals surface area contributed by atoms with Crippen molar-refractivity contribution in [3.63, 3.8) is 0 Å². The second kappa shape index (κ2) is 11.3. The summed E-state index contributed by atoms with van der Waals surface area (Å²) in [6.07, 6.45) is 5.31. The molecule has 0 radical (unpaired) electrons. The van der Waals surface area contributed by atoms with Gasteiger partial charge in [-0.05, 0) is 71.2 Å². The van der Waals surface area contributed by atoms with E-state index in [4.69, 9.17) is 0 Å². The van der Waals surface area contributed by atoms with E-state index < -0.39 is 11.9 Å². The zero-order chi connectivity index (χ0) is 32.1. The number of hydrogen-bond acceptors (Lipinski definition) is 3. The Morgan fingerprint density at radius 1 is 0.778 bits per heavy atom. The Morgan fingerprint density at radius 3 is 2.00 bits per heavy atom. The number of hydrogen-bond donors (Lipinski definition) is 2. The summed E-state index contributed by atoms with van der Waals surface area (Å²) in [5, 5.41) is 24.0. The summed E-state index contributed by atoms with van der Waals surface area (Å²) in [5.74, 6) is -1.65. The molecule has 0 fully saturated rings. The zero-order valence-electron chi connectivity index (χ0n) is 26.7. The Kier molecular flexibility index (Phi) is 7.64. The molecule has 230 valence electrons. The molecule has 0 saturated heterocycles. The van der Waals surface area contributed by atoms with Gasteiger partial charge >= 0.3 is 11.9 Å². The molecule has 0 aliphatic carbocycles. The van der Waals surface area contributed by atoms with Gasteiger partial charge in [0.1, 0.15) is 6.42 Å². The summed E-state index contributed by atoms with van der Waals surface area (Å²) in [6, 6.07) is 25.3. The summed E-state index contributed by atoms with van der Waals surface area (Å²) in [5.41, 5.74) is 7.03. The predicted octanol–water partition coefficient (Wildman–Crippen LogP) is 8.34. The number of carboxylic acids is 2. The van der Waals surface area contributed by atoms with Gasteiger partial charge in [-0.15, -0.1) is 0 Å². The van der Waals surface area contributed by atoms with Crippen molar-refractivity contribution < 1.29 is 24.4 Å². The molecule has 4 aromatic carbocycles. The minimum absolute atomic E-state index is 0.0284. The van der Waals surface area contributed by atoms with Gasteiger partial charge in [0.05, 0.1) is 11.8 Å². The molecule has 0 aromatic heterocycles. The Labute approximate surface area is 264 Å². The number of carboxylic acid groups (broad SMARTS) is 2. The van der Waals surface area contributed by atoms with Crippen LogP contribution in [0.25, 0.3) is 21.5 Å². The lowest BCUT2D eigenvalue weighted by molar-refractivity contribution is -0.436. The Balaban J connectivity index is 1.53. The molecule has 0 saturated carbocycles. The van der Waals surface area contributed by atoms with Crippen LogP contribution in [0.2, 0.25) is 0 Å². The minimum atomic E-state index is -0.824. The lowest BCUT2D eigenvalue weighted by atomic mass is 9.78. The van der Waals surface area contributed by atoms with Crippen LogP contribution in [0.15, 0.2) is 96.2 Å². The number of allylic oxidation sites excluding steroid dienone is 4. The summed E-state index contributed by atoms with van der Waals surface area (Å²) in [7, 11) is 0. The first-order chi connectivity index (χ1) is 21.4. The molecule has 2 aliphatic heterocycles. The first-order valence-electron chi connectivity index (χ1n) is 15.8. The van der Waals surface area contributed by atoms with E-state index in [9.17, 15) is 19.8 Å². The Hall–Kier alpha value is -4.71. The van der Waals surface area contributed by atoms with E-state index in [0.29, 0.717) is 13.1 Å². The van der Waals surface area contributed by atoms with Crippen LogP contribution in [0.4, 0.5) is 11.4 Å². The third-order valence-electron chi connectivity index (χ3n) is 9.66. The highest BCUT2D eigenvalue weighted by Gasteiger charge is 2.46. The summed E-state index contributed by atoms with van der Waals surface area (Å²) in [4.78, 5) is 25.7. The van der Waals surface area contributed by atoms with Gasteiger partial charge in [-0.2, -0.15) is 4.58 Å². The number of anilines is 1. The summed E-state index contributed by atoms with van der Waals surface area (Å²) < 4.78 is 2.19. The number of carbonyl (C=O) groups is 2. The topological polar surface area (TPSA) is 80.9 Å². The fraction of sp³-hybridized carbons (Fsp3) is 0.308. The maximum absolute atomic E-state index is 11.8. The lowest BCUT2D eigenvalue weighted by Crippen LogP contribution is -2.30. The monoisotopic (exact) mass is 601 g/mol. The van der Waals surface area contributed by atoms with E-state index in [1.165, 1.54) is 21.9 Å². The third kappa shape index (κ3) is 5.12. The van der Waals surface area contributed by atoms with Crippen LogP contribution in [0.1, 0.15) is 65.0 Å². The van der Waals surface area contributed by atoms with Crippen LogP contribution >= 0.6 is 0 Å². The number of aliphatic carboxylic acids is 2. The van der Waals surface area contributed by atoms with E-state index in [-0.39, 0.29) is 23.7 Å². The summed E-state index contributed by atoms with van der Waals surface area (Å²) >= 11 is 0. The quantitative estimate of drug-likeness (QED) is 0.189. The molecule has 4 aromatic rings. The third-order valence-corrected chi connectivity index (χ3v) is 9.66. The van der Waals surface area contributed by atoms with Gasteiger partial charge in [-0.3, -0.25) is 9.59 Å². The molecular weight excluding hydrogens is 560 g/mol. The lowest BCUT2D eigenvalue weighted by Gasteiger charge is -2.27. The molecule has 2 N–H and O–H groups in total. The number of nitrogens with zero attached hydrogens (tertiary/aromatic N) is 2. The highest BCUT2D eigenvalue weighted by molar-refractivity contribution is 6.08. The number of fused-ring (bicyclic) bond motifs is 6. The van der Waals surface area contributed by atoms with Gasteiger partial charge in [0, 0.05) is 41.1 Å².